The zero-order valence-corrected chi connectivity index (χ0v) is 19.5. The van der Waals surface area contributed by atoms with Gasteiger partial charge >= 0.3 is 0 Å². The number of aliphatic imine (C=N–C) groups is 1. The largest absolute Gasteiger partial charge is 0.488 e. The number of nitrogens with zero attached hydrogens (tertiary/aromatic N) is 3. The second-order valence-corrected chi connectivity index (χ2v) is 8.29. The number of guanidine groups is 1. The Morgan fingerprint density at radius 2 is 2.09 bits per heavy atom. The van der Waals surface area contributed by atoms with Crippen LogP contribution in [0.25, 0.3) is 0 Å². The number of hydrogen-bond donors (Lipinski definition) is 2. The van der Waals surface area contributed by atoms with E-state index in [4.69, 9.17) is 14.5 Å². The van der Waals surface area contributed by atoms with Gasteiger partial charge in [-0.05, 0) is 42.7 Å². The van der Waals surface area contributed by atoms with E-state index in [1.807, 2.05) is 16.9 Å². The fourth-order valence-electron chi connectivity index (χ4n) is 3.80. The first-order valence-corrected chi connectivity index (χ1v) is 11.6. The van der Waals surface area contributed by atoms with E-state index in [2.05, 4.69) is 72.0 Å². The smallest absolute Gasteiger partial charge is 0.191 e. The molecule has 1 aromatic heterocycles. The maximum absolute atomic E-state index is 6.23. The van der Waals surface area contributed by atoms with E-state index >= 15 is 0 Å². The maximum atomic E-state index is 6.23. The molecule has 174 valence electrons. The highest BCUT2D eigenvalue weighted by molar-refractivity contribution is 5.79. The van der Waals surface area contributed by atoms with Crippen LogP contribution in [0.3, 0.4) is 0 Å². The van der Waals surface area contributed by atoms with E-state index in [1.165, 1.54) is 11.1 Å². The lowest BCUT2D eigenvalue weighted by Gasteiger charge is -2.18. The highest BCUT2D eigenvalue weighted by atomic mass is 16.5. The molecule has 7 heteroatoms. The van der Waals surface area contributed by atoms with Crippen molar-refractivity contribution in [3.8, 4) is 5.75 Å². The van der Waals surface area contributed by atoms with E-state index in [0.29, 0.717) is 19.7 Å². The first-order chi connectivity index (χ1) is 16.2. The van der Waals surface area contributed by atoms with Crippen molar-refractivity contribution in [1.82, 2.24) is 20.4 Å². The number of aromatic nitrogens is 2. The Labute approximate surface area is 195 Å². The van der Waals surface area contributed by atoms with Crippen LogP contribution in [0.1, 0.15) is 35.6 Å². The highest BCUT2D eigenvalue weighted by Gasteiger charge is 2.18. The lowest BCUT2D eigenvalue weighted by molar-refractivity contribution is 0.140. The van der Waals surface area contributed by atoms with Gasteiger partial charge in [-0.2, -0.15) is 5.10 Å². The minimum Gasteiger partial charge on any atom is -0.488 e. The molecular formula is C26H33N5O2. The zero-order chi connectivity index (χ0) is 22.9. The number of hydrogen-bond acceptors (Lipinski definition) is 4. The summed E-state index contributed by atoms with van der Waals surface area (Å²) >= 11 is 0. The zero-order valence-electron chi connectivity index (χ0n) is 19.5. The average Bonchev–Trinajstić information content (AvgIpc) is 3.51. The summed E-state index contributed by atoms with van der Waals surface area (Å²) in [7, 11) is 0. The minimum atomic E-state index is 0.126. The second kappa shape index (κ2) is 11.5. The Bertz CT molecular complexity index is 1040. The van der Waals surface area contributed by atoms with Gasteiger partial charge in [0.05, 0.1) is 26.3 Å². The van der Waals surface area contributed by atoms with Gasteiger partial charge in [-0.15, -0.1) is 0 Å². The average molecular weight is 448 g/mol. The van der Waals surface area contributed by atoms with Crippen molar-refractivity contribution in [1.29, 1.82) is 0 Å². The molecule has 2 N–H and O–H groups in total. The molecule has 1 aliphatic rings. The molecule has 1 unspecified atom stereocenters. The minimum absolute atomic E-state index is 0.126. The molecule has 0 radical (unpaired) electrons. The third-order valence-corrected chi connectivity index (χ3v) is 5.51. The third-order valence-electron chi connectivity index (χ3n) is 5.51. The van der Waals surface area contributed by atoms with Crippen LogP contribution in [0.2, 0.25) is 0 Å². The number of nitrogens with one attached hydrogen (secondary N) is 2. The fraction of sp³-hybridized carbons (Fsp3) is 0.385. The Morgan fingerprint density at radius 1 is 1.18 bits per heavy atom. The van der Waals surface area contributed by atoms with E-state index < -0.39 is 0 Å². The first-order valence-electron chi connectivity index (χ1n) is 11.6. The van der Waals surface area contributed by atoms with E-state index in [1.54, 1.807) is 6.20 Å². The highest BCUT2D eigenvalue weighted by Crippen LogP contribution is 2.23. The van der Waals surface area contributed by atoms with Crippen molar-refractivity contribution in [2.24, 2.45) is 4.99 Å². The van der Waals surface area contributed by atoms with Crippen LogP contribution in [0, 0.1) is 6.92 Å². The Hall–Kier alpha value is -3.32. The van der Waals surface area contributed by atoms with Crippen LogP contribution < -0.4 is 15.4 Å². The van der Waals surface area contributed by atoms with Crippen molar-refractivity contribution in [2.75, 3.05) is 19.8 Å². The molecule has 4 rings (SSSR count). The predicted octanol–water partition coefficient (Wildman–Crippen LogP) is 3.66. The lowest BCUT2D eigenvalue weighted by atomic mass is 10.1. The Morgan fingerprint density at radius 3 is 2.88 bits per heavy atom. The topological polar surface area (TPSA) is 72.7 Å². The summed E-state index contributed by atoms with van der Waals surface area (Å²) in [5.74, 6) is 1.70. The number of rotatable bonds is 9. The molecule has 3 aromatic rings. The van der Waals surface area contributed by atoms with Gasteiger partial charge in [0.1, 0.15) is 11.9 Å². The van der Waals surface area contributed by atoms with Crippen molar-refractivity contribution in [2.45, 2.75) is 46.0 Å². The molecular weight excluding hydrogens is 414 g/mol. The summed E-state index contributed by atoms with van der Waals surface area (Å²) in [6.45, 7) is 8.36. The van der Waals surface area contributed by atoms with Crippen LogP contribution in [0.15, 0.2) is 65.9 Å². The van der Waals surface area contributed by atoms with Crippen LogP contribution in [0.4, 0.5) is 0 Å². The summed E-state index contributed by atoms with van der Waals surface area (Å²) in [6, 6.07) is 16.8. The van der Waals surface area contributed by atoms with E-state index in [-0.39, 0.29) is 6.10 Å². The van der Waals surface area contributed by atoms with Gasteiger partial charge in [0.15, 0.2) is 5.96 Å². The molecule has 0 aliphatic carbocycles. The monoisotopic (exact) mass is 447 g/mol. The van der Waals surface area contributed by atoms with Crippen molar-refractivity contribution >= 4 is 5.96 Å². The molecule has 1 atom stereocenters. The molecule has 0 amide bonds. The quantitative estimate of drug-likeness (QED) is 0.387. The normalized spacial score (nSPS) is 16.1. The van der Waals surface area contributed by atoms with Gasteiger partial charge in [-0.3, -0.25) is 4.68 Å². The van der Waals surface area contributed by atoms with Crippen molar-refractivity contribution < 1.29 is 9.47 Å². The lowest BCUT2D eigenvalue weighted by Crippen LogP contribution is -2.37. The molecule has 2 heterocycles. The maximum Gasteiger partial charge on any atom is 0.191 e. The number of ether oxygens (including phenoxy) is 2. The van der Waals surface area contributed by atoms with Gasteiger partial charge < -0.3 is 20.1 Å². The van der Waals surface area contributed by atoms with E-state index in [9.17, 15) is 0 Å². The van der Waals surface area contributed by atoms with Gasteiger partial charge in [-0.1, -0.05) is 36.4 Å². The summed E-state index contributed by atoms with van der Waals surface area (Å²) < 4.78 is 13.6. The predicted molar refractivity (Wildman–Crippen MR) is 130 cm³/mol. The van der Waals surface area contributed by atoms with E-state index in [0.717, 1.165) is 49.0 Å². The van der Waals surface area contributed by atoms with Crippen LogP contribution in [-0.4, -0.2) is 41.6 Å². The molecule has 0 spiro atoms. The molecule has 0 saturated carbocycles. The SMILES string of the molecule is CCNC(=NCc1cccc(Cn2cccn2)c1)NCc1ccc(C)cc1OC1CCOC1. The molecule has 1 saturated heterocycles. The Kier molecular flexibility index (Phi) is 7.98. The molecule has 0 bridgehead atoms. The molecule has 2 aromatic carbocycles. The standard InChI is InChI=1S/C26H33N5O2/c1-3-27-26(28-16-21-6-4-7-22(15-21)18-31-12-5-11-30-31)29-17-23-9-8-20(2)14-25(23)33-24-10-13-32-19-24/h4-9,11-12,14-15,24H,3,10,13,16-19H2,1-2H3,(H2,27,28,29). The molecule has 33 heavy (non-hydrogen) atoms. The summed E-state index contributed by atoms with van der Waals surface area (Å²) in [4.78, 5) is 4.80. The van der Waals surface area contributed by atoms with Gasteiger partial charge in [0, 0.05) is 37.5 Å². The first kappa shape index (κ1) is 22.9. The third kappa shape index (κ3) is 6.83. The number of benzene rings is 2. The fourth-order valence-corrected chi connectivity index (χ4v) is 3.80. The van der Waals surface area contributed by atoms with Gasteiger partial charge in [0.25, 0.3) is 0 Å². The second-order valence-electron chi connectivity index (χ2n) is 8.29. The van der Waals surface area contributed by atoms with Crippen LogP contribution in [-0.2, 0) is 24.4 Å². The van der Waals surface area contributed by atoms with Gasteiger partial charge in [0.2, 0.25) is 0 Å². The van der Waals surface area contributed by atoms with Gasteiger partial charge in [-0.25, -0.2) is 4.99 Å². The number of aryl methyl sites for hydroxylation is 1. The van der Waals surface area contributed by atoms with Crippen LogP contribution >= 0.6 is 0 Å². The van der Waals surface area contributed by atoms with Crippen molar-refractivity contribution in [3.05, 3.63) is 83.2 Å². The Balaban J connectivity index is 1.40. The summed E-state index contributed by atoms with van der Waals surface area (Å²) in [5, 5.41) is 11.1. The van der Waals surface area contributed by atoms with Crippen LogP contribution in [0.5, 0.6) is 5.75 Å². The molecule has 1 fully saturated rings. The molecule has 7 nitrogen and oxygen atoms in total. The van der Waals surface area contributed by atoms with Crippen molar-refractivity contribution in [3.63, 3.8) is 0 Å². The summed E-state index contributed by atoms with van der Waals surface area (Å²) in [5.41, 5.74) is 4.67. The molecule has 1 aliphatic heterocycles. The summed E-state index contributed by atoms with van der Waals surface area (Å²) in [6.07, 6.45) is 4.83.